The van der Waals surface area contributed by atoms with E-state index in [0.717, 1.165) is 5.56 Å². The second kappa shape index (κ2) is 5.29. The molecule has 0 spiro atoms. The van der Waals surface area contributed by atoms with Gasteiger partial charge in [-0.25, -0.2) is 13.1 Å². The van der Waals surface area contributed by atoms with E-state index in [2.05, 4.69) is 10.8 Å². The minimum absolute atomic E-state index is 0.138. The van der Waals surface area contributed by atoms with Crippen LogP contribution in [-0.4, -0.2) is 14.2 Å². The van der Waals surface area contributed by atoms with Gasteiger partial charge in [0, 0.05) is 15.8 Å². The van der Waals surface area contributed by atoms with Crippen molar-refractivity contribution in [3.63, 3.8) is 0 Å². The summed E-state index contributed by atoms with van der Waals surface area (Å²) >= 11 is 1.70. The van der Waals surface area contributed by atoms with Gasteiger partial charge in [0.15, 0.2) is 0 Å². The van der Waals surface area contributed by atoms with Crippen molar-refractivity contribution in [3.05, 3.63) is 21.4 Å². The Morgan fingerprint density at radius 2 is 2.06 bits per heavy atom. The normalized spacial score (nSPS) is 14.0. The third-order valence-electron chi connectivity index (χ3n) is 2.38. The Kier molecular flexibility index (Phi) is 4.52. The average Bonchev–Trinajstić information content (AvgIpc) is 2.44. The lowest BCUT2D eigenvalue weighted by atomic mass is 10.1. The van der Waals surface area contributed by atoms with Crippen molar-refractivity contribution in [1.29, 1.82) is 0 Å². The Morgan fingerprint density at radius 1 is 1.44 bits per heavy atom. The lowest BCUT2D eigenvalue weighted by molar-refractivity contribution is 0.565. The van der Waals surface area contributed by atoms with Gasteiger partial charge in [-0.1, -0.05) is 6.92 Å². The molecule has 0 bridgehead atoms. The van der Waals surface area contributed by atoms with Crippen LogP contribution in [0.2, 0.25) is 0 Å². The maximum Gasteiger partial charge on any atom is 0.212 e. The zero-order valence-corrected chi connectivity index (χ0v) is 11.8. The Bertz CT molecular complexity index is 449. The highest BCUT2D eigenvalue weighted by Gasteiger charge is 2.17. The molecule has 1 rings (SSSR count). The van der Waals surface area contributed by atoms with Crippen LogP contribution in [0.15, 0.2) is 6.07 Å². The fraction of sp³-hybridized carbons (Fsp3) is 0.636. The number of hydrogen-bond donors (Lipinski definition) is 1. The Labute approximate surface area is 102 Å². The molecule has 0 aliphatic carbocycles. The summed E-state index contributed by atoms with van der Waals surface area (Å²) in [6, 6.07) is 1.92. The third-order valence-corrected chi connectivity index (χ3v) is 5.02. The highest BCUT2D eigenvalue weighted by Crippen LogP contribution is 2.26. The topological polar surface area (TPSA) is 46.2 Å². The molecule has 1 aromatic heterocycles. The maximum atomic E-state index is 11.6. The van der Waals surface area contributed by atoms with E-state index in [1.165, 1.54) is 9.75 Å². The van der Waals surface area contributed by atoms with Gasteiger partial charge < -0.3 is 0 Å². The van der Waals surface area contributed by atoms with Gasteiger partial charge in [0.25, 0.3) is 0 Å². The number of aryl methyl sites for hydroxylation is 2. The second-order valence-corrected chi connectivity index (χ2v) is 7.36. The molecule has 1 heterocycles. The van der Waals surface area contributed by atoms with Gasteiger partial charge in [-0.15, -0.1) is 11.3 Å². The molecule has 0 aliphatic rings. The molecular weight excluding hydrogens is 242 g/mol. The van der Waals surface area contributed by atoms with E-state index in [1.807, 2.05) is 27.7 Å². The summed E-state index contributed by atoms with van der Waals surface area (Å²) in [5.74, 6) is 0.194. The zero-order valence-electron chi connectivity index (χ0n) is 10.2. The first-order valence-electron chi connectivity index (χ1n) is 5.42. The molecular formula is C11H19NO2S2. The summed E-state index contributed by atoms with van der Waals surface area (Å²) in [6.07, 6.45) is 0.643. The van der Waals surface area contributed by atoms with E-state index in [0.29, 0.717) is 6.42 Å². The highest BCUT2D eigenvalue weighted by molar-refractivity contribution is 7.89. The van der Waals surface area contributed by atoms with E-state index in [4.69, 9.17) is 0 Å². The molecule has 5 heteroatoms. The fourth-order valence-corrected chi connectivity index (χ4v) is 4.08. The Hall–Kier alpha value is -0.390. The molecule has 92 valence electrons. The number of rotatable bonds is 5. The van der Waals surface area contributed by atoms with Gasteiger partial charge in [-0.3, -0.25) is 0 Å². The number of sulfonamides is 1. The average molecular weight is 261 g/mol. The summed E-state index contributed by atoms with van der Waals surface area (Å²) in [7, 11) is -3.13. The van der Waals surface area contributed by atoms with Crippen LogP contribution < -0.4 is 4.72 Å². The lowest BCUT2D eigenvalue weighted by Gasteiger charge is -2.13. The van der Waals surface area contributed by atoms with Gasteiger partial charge in [-0.2, -0.15) is 0 Å². The van der Waals surface area contributed by atoms with E-state index in [-0.39, 0.29) is 11.8 Å². The van der Waals surface area contributed by atoms with E-state index < -0.39 is 10.0 Å². The van der Waals surface area contributed by atoms with Crippen LogP contribution in [-0.2, 0) is 10.0 Å². The van der Waals surface area contributed by atoms with Crippen molar-refractivity contribution in [1.82, 2.24) is 4.72 Å². The predicted octanol–water partition coefficient (Wildman–Crippen LogP) is 2.76. The summed E-state index contributed by atoms with van der Waals surface area (Å²) in [4.78, 5) is 2.40. The van der Waals surface area contributed by atoms with E-state index in [9.17, 15) is 8.42 Å². The van der Waals surface area contributed by atoms with E-state index >= 15 is 0 Å². The standard InChI is InChI=1S/C11H19NO2S2/c1-5-6-16(13,14)12-9(3)11-7-8(2)15-10(11)4/h7,9,12H,5-6H2,1-4H3. The monoisotopic (exact) mass is 261 g/mol. The van der Waals surface area contributed by atoms with Gasteiger partial charge in [0.05, 0.1) is 5.75 Å². The first-order chi connectivity index (χ1) is 7.35. The van der Waals surface area contributed by atoms with Crippen LogP contribution in [0.25, 0.3) is 0 Å². The Morgan fingerprint density at radius 3 is 2.50 bits per heavy atom. The maximum absolute atomic E-state index is 11.6. The second-order valence-electron chi connectivity index (χ2n) is 4.03. The smallest absolute Gasteiger partial charge is 0.212 e. The minimum Gasteiger partial charge on any atom is -0.212 e. The van der Waals surface area contributed by atoms with Crippen LogP contribution in [0.4, 0.5) is 0 Å². The van der Waals surface area contributed by atoms with Gasteiger partial charge >= 0.3 is 0 Å². The molecule has 0 amide bonds. The number of hydrogen-bond acceptors (Lipinski definition) is 3. The first kappa shape index (κ1) is 13.7. The van der Waals surface area contributed by atoms with Crippen LogP contribution in [0.3, 0.4) is 0 Å². The van der Waals surface area contributed by atoms with Gasteiger partial charge in [-0.05, 0) is 38.8 Å². The van der Waals surface area contributed by atoms with Gasteiger partial charge in [0.1, 0.15) is 0 Å². The fourth-order valence-electron chi connectivity index (χ4n) is 1.74. The van der Waals surface area contributed by atoms with Crippen molar-refractivity contribution >= 4 is 21.4 Å². The molecule has 1 atom stereocenters. The third kappa shape index (κ3) is 3.57. The van der Waals surface area contributed by atoms with Crippen molar-refractivity contribution in [2.75, 3.05) is 5.75 Å². The molecule has 0 aliphatic heterocycles. The zero-order chi connectivity index (χ0) is 12.3. The Balaban J connectivity index is 2.80. The summed E-state index contributed by atoms with van der Waals surface area (Å²) < 4.78 is 26.0. The van der Waals surface area contributed by atoms with Gasteiger partial charge in [0.2, 0.25) is 10.0 Å². The van der Waals surface area contributed by atoms with E-state index in [1.54, 1.807) is 11.3 Å². The van der Waals surface area contributed by atoms with Crippen molar-refractivity contribution in [2.45, 2.75) is 40.2 Å². The molecule has 1 N–H and O–H groups in total. The first-order valence-corrected chi connectivity index (χ1v) is 7.89. The quantitative estimate of drug-likeness (QED) is 0.886. The van der Waals surface area contributed by atoms with Crippen LogP contribution in [0.5, 0.6) is 0 Å². The van der Waals surface area contributed by atoms with Crippen molar-refractivity contribution < 1.29 is 8.42 Å². The number of nitrogens with one attached hydrogen (secondary N) is 1. The predicted molar refractivity (Wildman–Crippen MR) is 69.4 cm³/mol. The SMILES string of the molecule is CCCS(=O)(=O)NC(C)c1cc(C)sc1C. The van der Waals surface area contributed by atoms with Crippen LogP contribution in [0, 0.1) is 13.8 Å². The summed E-state index contributed by atoms with van der Waals surface area (Å²) in [6.45, 7) is 7.82. The molecule has 0 saturated carbocycles. The van der Waals surface area contributed by atoms with Crippen molar-refractivity contribution in [2.24, 2.45) is 0 Å². The highest BCUT2D eigenvalue weighted by atomic mass is 32.2. The molecule has 0 fully saturated rings. The molecule has 1 aromatic rings. The molecule has 16 heavy (non-hydrogen) atoms. The molecule has 0 radical (unpaired) electrons. The molecule has 3 nitrogen and oxygen atoms in total. The largest absolute Gasteiger partial charge is 0.212 e. The molecule has 1 unspecified atom stereocenters. The molecule has 0 aromatic carbocycles. The lowest BCUT2D eigenvalue weighted by Crippen LogP contribution is -2.29. The number of thiophene rings is 1. The van der Waals surface area contributed by atoms with Crippen LogP contribution >= 0.6 is 11.3 Å². The van der Waals surface area contributed by atoms with Crippen molar-refractivity contribution in [3.8, 4) is 0 Å². The molecule has 0 saturated heterocycles. The van der Waals surface area contributed by atoms with Crippen LogP contribution in [0.1, 0.15) is 41.6 Å². The summed E-state index contributed by atoms with van der Waals surface area (Å²) in [5, 5.41) is 0. The summed E-state index contributed by atoms with van der Waals surface area (Å²) in [5.41, 5.74) is 1.09. The minimum atomic E-state index is -3.13.